The number of amides is 1. The van der Waals surface area contributed by atoms with Gasteiger partial charge < -0.3 is 10.6 Å². The lowest BCUT2D eigenvalue weighted by atomic mass is 10.0. The van der Waals surface area contributed by atoms with Crippen LogP contribution in [0.2, 0.25) is 0 Å². The first kappa shape index (κ1) is 18.2. The first-order valence-corrected chi connectivity index (χ1v) is 7.51. The summed E-state index contributed by atoms with van der Waals surface area (Å²) >= 11 is 0. The lowest BCUT2D eigenvalue weighted by Gasteiger charge is -2.38. The molecule has 0 bridgehead atoms. The zero-order valence-electron chi connectivity index (χ0n) is 13.0. The standard InChI is InChI=1S/C14H26F3N3O/c1-10(2)8-19-13(21)11(3)20(9-14(15,16)17)12-4-6-18-7-5-12/h10-12,18H,4-9H2,1-3H3,(H,19,21). The molecule has 124 valence electrons. The Bertz CT molecular complexity index is 328. The van der Waals surface area contributed by atoms with Crippen molar-refractivity contribution in [3.05, 3.63) is 0 Å². The van der Waals surface area contributed by atoms with Crippen LogP contribution in [0.3, 0.4) is 0 Å². The molecule has 21 heavy (non-hydrogen) atoms. The number of hydrogen-bond donors (Lipinski definition) is 2. The van der Waals surface area contributed by atoms with Crippen molar-refractivity contribution in [1.29, 1.82) is 0 Å². The van der Waals surface area contributed by atoms with Gasteiger partial charge in [0.2, 0.25) is 5.91 Å². The van der Waals surface area contributed by atoms with E-state index in [9.17, 15) is 18.0 Å². The van der Waals surface area contributed by atoms with Crippen molar-refractivity contribution >= 4 is 5.91 Å². The van der Waals surface area contributed by atoms with Gasteiger partial charge in [0, 0.05) is 12.6 Å². The summed E-state index contributed by atoms with van der Waals surface area (Å²) in [5.74, 6) is -0.0532. The number of carbonyl (C=O) groups excluding carboxylic acids is 1. The van der Waals surface area contributed by atoms with Crippen molar-refractivity contribution in [2.45, 2.75) is 51.9 Å². The van der Waals surface area contributed by atoms with E-state index in [0.717, 1.165) is 0 Å². The van der Waals surface area contributed by atoms with Gasteiger partial charge in [-0.3, -0.25) is 9.69 Å². The minimum Gasteiger partial charge on any atom is -0.354 e. The van der Waals surface area contributed by atoms with E-state index in [4.69, 9.17) is 0 Å². The first-order chi connectivity index (χ1) is 9.70. The lowest BCUT2D eigenvalue weighted by molar-refractivity contribution is -0.161. The summed E-state index contributed by atoms with van der Waals surface area (Å²) in [4.78, 5) is 13.4. The Morgan fingerprint density at radius 3 is 2.33 bits per heavy atom. The number of nitrogens with one attached hydrogen (secondary N) is 2. The van der Waals surface area contributed by atoms with E-state index in [1.807, 2.05) is 13.8 Å². The van der Waals surface area contributed by atoms with Crippen molar-refractivity contribution in [2.24, 2.45) is 5.92 Å². The largest absolute Gasteiger partial charge is 0.401 e. The fourth-order valence-corrected chi connectivity index (χ4v) is 2.53. The van der Waals surface area contributed by atoms with Gasteiger partial charge in [0.25, 0.3) is 0 Å². The molecule has 1 unspecified atom stereocenters. The molecule has 2 N–H and O–H groups in total. The van der Waals surface area contributed by atoms with Gasteiger partial charge >= 0.3 is 6.18 Å². The van der Waals surface area contributed by atoms with Crippen molar-refractivity contribution in [3.63, 3.8) is 0 Å². The lowest BCUT2D eigenvalue weighted by Crippen LogP contribution is -2.55. The average Bonchev–Trinajstić information content (AvgIpc) is 2.41. The molecule has 1 fully saturated rings. The smallest absolute Gasteiger partial charge is 0.354 e. The number of hydrogen-bond acceptors (Lipinski definition) is 3. The molecule has 4 nitrogen and oxygen atoms in total. The summed E-state index contributed by atoms with van der Waals surface area (Å²) in [6.07, 6.45) is -3.02. The fraction of sp³-hybridized carbons (Fsp3) is 0.929. The van der Waals surface area contributed by atoms with Gasteiger partial charge in [-0.15, -0.1) is 0 Å². The van der Waals surface area contributed by atoms with Gasteiger partial charge in [0.1, 0.15) is 0 Å². The molecule has 1 aliphatic rings. The van der Waals surface area contributed by atoms with Crippen molar-refractivity contribution < 1.29 is 18.0 Å². The van der Waals surface area contributed by atoms with Crippen LogP contribution in [0.5, 0.6) is 0 Å². The number of carbonyl (C=O) groups is 1. The molecule has 1 atom stereocenters. The van der Waals surface area contributed by atoms with Crippen LogP contribution in [-0.4, -0.2) is 55.2 Å². The monoisotopic (exact) mass is 309 g/mol. The molecule has 7 heteroatoms. The quantitative estimate of drug-likeness (QED) is 0.786. The number of nitrogens with zero attached hydrogens (tertiary/aromatic N) is 1. The molecule has 0 aliphatic carbocycles. The summed E-state index contributed by atoms with van der Waals surface area (Å²) < 4.78 is 38.4. The van der Waals surface area contributed by atoms with Gasteiger partial charge in [0.05, 0.1) is 12.6 Å². The number of rotatable bonds is 6. The predicted molar refractivity (Wildman–Crippen MR) is 76.0 cm³/mol. The molecule has 0 spiro atoms. The van der Waals surface area contributed by atoms with Crippen molar-refractivity contribution in [2.75, 3.05) is 26.2 Å². The highest BCUT2D eigenvalue weighted by molar-refractivity contribution is 5.81. The third kappa shape index (κ3) is 6.65. The van der Waals surface area contributed by atoms with Crippen LogP contribution in [0, 0.1) is 5.92 Å². The van der Waals surface area contributed by atoms with Crippen LogP contribution < -0.4 is 10.6 Å². The third-order valence-corrected chi connectivity index (χ3v) is 3.70. The van der Waals surface area contributed by atoms with Crippen LogP contribution in [0.25, 0.3) is 0 Å². The van der Waals surface area contributed by atoms with Crippen molar-refractivity contribution in [3.8, 4) is 0 Å². The van der Waals surface area contributed by atoms with Gasteiger partial charge in [-0.25, -0.2) is 0 Å². The van der Waals surface area contributed by atoms with E-state index in [1.54, 1.807) is 6.92 Å². The zero-order chi connectivity index (χ0) is 16.0. The topological polar surface area (TPSA) is 44.4 Å². The molecular weight excluding hydrogens is 283 g/mol. The van der Waals surface area contributed by atoms with Gasteiger partial charge in [-0.2, -0.15) is 13.2 Å². The van der Waals surface area contributed by atoms with Gasteiger partial charge in [-0.1, -0.05) is 13.8 Å². The molecule has 1 amide bonds. The summed E-state index contributed by atoms with van der Waals surface area (Å²) in [7, 11) is 0. The normalized spacial score (nSPS) is 19.0. The van der Waals surface area contributed by atoms with Gasteiger partial charge in [-0.05, 0) is 38.8 Å². The Hall–Kier alpha value is -0.820. The van der Waals surface area contributed by atoms with Crippen LogP contribution in [-0.2, 0) is 4.79 Å². The highest BCUT2D eigenvalue weighted by Gasteiger charge is 2.38. The highest BCUT2D eigenvalue weighted by Crippen LogP contribution is 2.23. The van der Waals surface area contributed by atoms with Gasteiger partial charge in [0.15, 0.2) is 0 Å². The molecule has 1 saturated heterocycles. The van der Waals surface area contributed by atoms with Crippen LogP contribution in [0.1, 0.15) is 33.6 Å². The Balaban J connectivity index is 2.71. The molecule has 0 radical (unpaired) electrons. The van der Waals surface area contributed by atoms with Crippen LogP contribution in [0.4, 0.5) is 13.2 Å². The van der Waals surface area contributed by atoms with Crippen LogP contribution in [0.15, 0.2) is 0 Å². The summed E-state index contributed by atoms with van der Waals surface area (Å²) in [5, 5.41) is 5.86. The van der Waals surface area contributed by atoms with E-state index in [-0.39, 0.29) is 17.9 Å². The Kier molecular flexibility index (Phi) is 6.93. The maximum atomic E-state index is 12.8. The molecule has 0 aromatic rings. The maximum Gasteiger partial charge on any atom is 0.401 e. The van der Waals surface area contributed by atoms with E-state index in [0.29, 0.717) is 32.5 Å². The minimum absolute atomic E-state index is 0.201. The van der Waals surface area contributed by atoms with Crippen molar-refractivity contribution in [1.82, 2.24) is 15.5 Å². The molecule has 0 aromatic heterocycles. The maximum absolute atomic E-state index is 12.8. The predicted octanol–water partition coefficient (Wildman–Crippen LogP) is 1.76. The van der Waals surface area contributed by atoms with E-state index in [1.165, 1.54) is 4.90 Å². The molecule has 1 heterocycles. The summed E-state index contributed by atoms with van der Waals surface area (Å²) in [6, 6.07) is -0.971. The zero-order valence-corrected chi connectivity index (χ0v) is 13.0. The Morgan fingerprint density at radius 1 is 1.29 bits per heavy atom. The van der Waals surface area contributed by atoms with Crippen LogP contribution >= 0.6 is 0 Å². The third-order valence-electron chi connectivity index (χ3n) is 3.70. The number of halogens is 3. The summed E-state index contributed by atoms with van der Waals surface area (Å²) in [6.45, 7) is 6.29. The second-order valence-electron chi connectivity index (χ2n) is 6.08. The number of alkyl halides is 3. The molecule has 1 rings (SSSR count). The highest BCUT2D eigenvalue weighted by atomic mass is 19.4. The SMILES string of the molecule is CC(C)CNC(=O)C(C)N(CC(F)(F)F)C1CCNCC1. The minimum atomic E-state index is -4.29. The molecule has 0 aromatic carbocycles. The molecular formula is C14H26F3N3O. The molecule has 1 aliphatic heterocycles. The summed E-state index contributed by atoms with van der Waals surface area (Å²) in [5.41, 5.74) is 0. The Morgan fingerprint density at radius 2 is 1.86 bits per heavy atom. The average molecular weight is 309 g/mol. The Labute approximate surface area is 124 Å². The van der Waals surface area contributed by atoms with E-state index >= 15 is 0 Å². The second kappa shape index (κ2) is 7.98. The molecule has 0 saturated carbocycles. The second-order valence-corrected chi connectivity index (χ2v) is 6.08. The fourth-order valence-electron chi connectivity index (χ4n) is 2.53. The first-order valence-electron chi connectivity index (χ1n) is 7.51. The van der Waals surface area contributed by atoms with E-state index in [2.05, 4.69) is 10.6 Å². The van der Waals surface area contributed by atoms with E-state index < -0.39 is 18.8 Å². The number of piperidine rings is 1.